The number of nitro benzene ring substituents is 1. The number of nitrogens with two attached hydrogens (primary N) is 1. The minimum atomic E-state index is -0.432. The van der Waals surface area contributed by atoms with Gasteiger partial charge < -0.3 is 5.73 Å². The molecule has 1 rings (SSSR count). The first kappa shape index (κ1) is 15.4. The highest BCUT2D eigenvalue weighted by Gasteiger charge is 2.11. The fourth-order valence-corrected chi connectivity index (χ4v) is 1.48. The van der Waals surface area contributed by atoms with Crippen molar-refractivity contribution in [2.75, 3.05) is 5.73 Å². The highest BCUT2D eigenvalue weighted by molar-refractivity contribution is 5.59. The van der Waals surface area contributed by atoms with Gasteiger partial charge in [0.05, 0.1) is 4.92 Å². The van der Waals surface area contributed by atoms with Crippen molar-refractivity contribution < 1.29 is 4.92 Å². The Hall–Kier alpha value is -1.58. The van der Waals surface area contributed by atoms with Gasteiger partial charge in [-0.15, -0.1) is 0 Å². The monoisotopic (exact) mass is 238 g/mol. The Morgan fingerprint density at radius 2 is 1.94 bits per heavy atom. The number of unbranched alkanes of at least 4 members (excludes halogenated alkanes) is 2. The lowest BCUT2D eigenvalue weighted by atomic mass is 10.1. The average Bonchev–Trinajstić information content (AvgIpc) is 2.34. The van der Waals surface area contributed by atoms with Gasteiger partial charge in [-0.05, 0) is 24.5 Å². The number of nitrogen functional groups attached to an aromatic ring is 1. The Morgan fingerprint density at radius 1 is 1.29 bits per heavy atom. The van der Waals surface area contributed by atoms with Gasteiger partial charge in [0.25, 0.3) is 5.69 Å². The summed E-state index contributed by atoms with van der Waals surface area (Å²) in [7, 11) is 0. The average molecular weight is 238 g/mol. The molecule has 0 spiro atoms. The van der Waals surface area contributed by atoms with Crippen LogP contribution in [-0.2, 0) is 6.42 Å². The van der Waals surface area contributed by atoms with Crippen molar-refractivity contribution in [2.24, 2.45) is 0 Å². The number of hydrogen-bond acceptors (Lipinski definition) is 3. The van der Waals surface area contributed by atoms with Gasteiger partial charge in [-0.1, -0.05) is 39.7 Å². The van der Waals surface area contributed by atoms with E-state index in [0.717, 1.165) is 31.2 Å². The number of nitro groups is 1. The molecule has 0 heterocycles. The SMILES string of the molecule is CC.CCCCCc1ccc(N)c([N+](=O)[O-])c1. The summed E-state index contributed by atoms with van der Waals surface area (Å²) >= 11 is 0. The van der Waals surface area contributed by atoms with Crippen LogP contribution in [0.1, 0.15) is 45.6 Å². The molecular weight excluding hydrogens is 216 g/mol. The Balaban J connectivity index is 0.00000121. The first-order valence-corrected chi connectivity index (χ1v) is 6.18. The predicted molar refractivity (Wildman–Crippen MR) is 72.1 cm³/mol. The van der Waals surface area contributed by atoms with Crippen molar-refractivity contribution in [3.8, 4) is 0 Å². The third kappa shape index (κ3) is 5.33. The van der Waals surface area contributed by atoms with Crippen LogP contribution in [-0.4, -0.2) is 4.92 Å². The summed E-state index contributed by atoms with van der Waals surface area (Å²) in [5.74, 6) is 0. The summed E-state index contributed by atoms with van der Waals surface area (Å²) in [5, 5.41) is 10.6. The van der Waals surface area contributed by atoms with Gasteiger partial charge in [0.1, 0.15) is 5.69 Å². The van der Waals surface area contributed by atoms with E-state index in [-0.39, 0.29) is 11.4 Å². The second-order valence-electron chi connectivity index (χ2n) is 3.61. The van der Waals surface area contributed by atoms with Gasteiger partial charge in [-0.2, -0.15) is 0 Å². The summed E-state index contributed by atoms with van der Waals surface area (Å²) in [5.41, 5.74) is 6.75. The fourth-order valence-electron chi connectivity index (χ4n) is 1.48. The standard InChI is InChI=1S/C11H16N2O2.C2H6/c1-2-3-4-5-9-6-7-10(12)11(8-9)13(14)15;1-2/h6-8H,2-5,12H2,1H3;1-2H3. The third-order valence-electron chi connectivity index (χ3n) is 2.36. The van der Waals surface area contributed by atoms with Crippen LogP contribution in [0.3, 0.4) is 0 Å². The second-order valence-corrected chi connectivity index (χ2v) is 3.61. The molecule has 4 nitrogen and oxygen atoms in total. The van der Waals surface area contributed by atoms with Crippen LogP contribution in [0.15, 0.2) is 18.2 Å². The summed E-state index contributed by atoms with van der Waals surface area (Å²) < 4.78 is 0. The maximum atomic E-state index is 10.6. The number of rotatable bonds is 5. The molecule has 0 unspecified atom stereocenters. The third-order valence-corrected chi connectivity index (χ3v) is 2.36. The van der Waals surface area contributed by atoms with E-state index in [2.05, 4.69) is 6.92 Å². The van der Waals surface area contributed by atoms with Crippen LogP contribution in [0.2, 0.25) is 0 Å². The summed E-state index contributed by atoms with van der Waals surface area (Å²) in [6.07, 6.45) is 4.25. The van der Waals surface area contributed by atoms with Gasteiger partial charge in [-0.3, -0.25) is 10.1 Å². The van der Waals surface area contributed by atoms with Crippen LogP contribution >= 0.6 is 0 Å². The van der Waals surface area contributed by atoms with Crippen molar-refractivity contribution in [3.63, 3.8) is 0 Å². The van der Waals surface area contributed by atoms with Crippen LogP contribution in [0.5, 0.6) is 0 Å². The molecule has 0 radical (unpaired) electrons. The first-order valence-electron chi connectivity index (χ1n) is 6.18. The molecule has 0 aliphatic rings. The Morgan fingerprint density at radius 3 is 2.47 bits per heavy atom. The molecule has 1 aromatic carbocycles. The van der Waals surface area contributed by atoms with E-state index in [4.69, 9.17) is 5.73 Å². The van der Waals surface area contributed by atoms with Gasteiger partial charge >= 0.3 is 0 Å². The van der Waals surface area contributed by atoms with Crippen molar-refractivity contribution >= 4 is 11.4 Å². The molecule has 17 heavy (non-hydrogen) atoms. The van der Waals surface area contributed by atoms with Crippen molar-refractivity contribution in [1.29, 1.82) is 0 Å². The quantitative estimate of drug-likeness (QED) is 0.365. The minimum absolute atomic E-state index is 0.0176. The molecule has 0 aliphatic heterocycles. The largest absolute Gasteiger partial charge is 0.393 e. The van der Waals surface area contributed by atoms with Crippen LogP contribution in [0, 0.1) is 10.1 Å². The molecule has 0 fully saturated rings. The van der Waals surface area contributed by atoms with Crippen molar-refractivity contribution in [1.82, 2.24) is 0 Å². The zero-order chi connectivity index (χ0) is 13.3. The first-order chi connectivity index (χ1) is 8.15. The molecule has 0 atom stereocenters. The summed E-state index contributed by atoms with van der Waals surface area (Å²) in [4.78, 5) is 10.2. The molecule has 2 N–H and O–H groups in total. The lowest BCUT2D eigenvalue weighted by Crippen LogP contribution is -1.97. The number of hydrogen-bond donors (Lipinski definition) is 1. The zero-order valence-corrected chi connectivity index (χ0v) is 10.9. The van der Waals surface area contributed by atoms with Gasteiger partial charge in [-0.25, -0.2) is 0 Å². The normalized spacial score (nSPS) is 9.35. The molecule has 4 heteroatoms. The Kier molecular flexibility index (Phi) is 7.76. The Bertz CT molecular complexity index is 351. The number of benzene rings is 1. The molecular formula is C13H22N2O2. The maximum Gasteiger partial charge on any atom is 0.292 e. The van der Waals surface area contributed by atoms with Crippen molar-refractivity contribution in [2.45, 2.75) is 46.5 Å². The van der Waals surface area contributed by atoms with Crippen LogP contribution in [0.25, 0.3) is 0 Å². The smallest absolute Gasteiger partial charge is 0.292 e. The maximum absolute atomic E-state index is 10.6. The van der Waals surface area contributed by atoms with Crippen LogP contribution in [0.4, 0.5) is 11.4 Å². The molecule has 0 saturated heterocycles. The molecule has 0 amide bonds. The lowest BCUT2D eigenvalue weighted by Gasteiger charge is -2.02. The summed E-state index contributed by atoms with van der Waals surface area (Å²) in [6.45, 7) is 6.13. The van der Waals surface area contributed by atoms with Gasteiger partial charge in [0.15, 0.2) is 0 Å². The number of aryl methyl sites for hydroxylation is 1. The van der Waals surface area contributed by atoms with E-state index < -0.39 is 4.92 Å². The second kappa shape index (κ2) is 8.56. The molecule has 0 aromatic heterocycles. The molecule has 0 aliphatic carbocycles. The molecule has 1 aromatic rings. The van der Waals surface area contributed by atoms with Crippen molar-refractivity contribution in [3.05, 3.63) is 33.9 Å². The lowest BCUT2D eigenvalue weighted by molar-refractivity contribution is -0.384. The van der Waals surface area contributed by atoms with E-state index in [9.17, 15) is 10.1 Å². The molecule has 0 bridgehead atoms. The van der Waals surface area contributed by atoms with E-state index in [1.807, 2.05) is 19.9 Å². The highest BCUT2D eigenvalue weighted by Crippen LogP contribution is 2.23. The number of nitrogens with zero attached hydrogens (tertiary/aromatic N) is 1. The Labute approximate surface area is 103 Å². The minimum Gasteiger partial charge on any atom is -0.393 e. The zero-order valence-electron chi connectivity index (χ0n) is 10.9. The topological polar surface area (TPSA) is 69.2 Å². The predicted octanol–water partition coefficient (Wildman–Crippen LogP) is 3.94. The highest BCUT2D eigenvalue weighted by atomic mass is 16.6. The number of anilines is 1. The van der Waals surface area contributed by atoms with Gasteiger partial charge in [0.2, 0.25) is 0 Å². The van der Waals surface area contributed by atoms with E-state index in [1.54, 1.807) is 12.1 Å². The van der Waals surface area contributed by atoms with E-state index in [1.165, 1.54) is 0 Å². The van der Waals surface area contributed by atoms with E-state index >= 15 is 0 Å². The van der Waals surface area contributed by atoms with Gasteiger partial charge in [0, 0.05) is 6.07 Å². The molecule has 96 valence electrons. The van der Waals surface area contributed by atoms with Crippen LogP contribution < -0.4 is 5.73 Å². The van der Waals surface area contributed by atoms with E-state index in [0.29, 0.717) is 0 Å². The molecule has 0 saturated carbocycles. The fraction of sp³-hybridized carbons (Fsp3) is 0.538. The summed E-state index contributed by atoms with van der Waals surface area (Å²) in [6, 6.07) is 5.04.